The smallest absolute Gasteiger partial charge is 0.253 e. The molecule has 0 atom stereocenters. The van der Waals surface area contributed by atoms with Crippen molar-refractivity contribution >= 4 is 29.1 Å². The summed E-state index contributed by atoms with van der Waals surface area (Å²) in [7, 11) is 0. The number of ether oxygens (including phenoxy) is 1. The number of carbonyl (C=O) groups excluding carboxylic acids is 1. The first-order chi connectivity index (χ1) is 15.1. The van der Waals surface area contributed by atoms with Crippen LogP contribution in [0.15, 0.2) is 72.8 Å². The average Bonchev–Trinajstić information content (AvgIpc) is 2.80. The Morgan fingerprint density at radius 2 is 1.55 bits per heavy atom. The van der Waals surface area contributed by atoms with Gasteiger partial charge in [-0.1, -0.05) is 65.7 Å². The van der Waals surface area contributed by atoms with Crippen molar-refractivity contribution in [3.05, 3.63) is 99.5 Å². The molecule has 1 saturated heterocycles. The van der Waals surface area contributed by atoms with Gasteiger partial charge in [0.2, 0.25) is 0 Å². The van der Waals surface area contributed by atoms with Gasteiger partial charge in [-0.15, -0.1) is 0 Å². The van der Waals surface area contributed by atoms with E-state index in [1.54, 1.807) is 18.2 Å². The van der Waals surface area contributed by atoms with E-state index in [9.17, 15) is 4.79 Å². The predicted octanol–water partition coefficient (Wildman–Crippen LogP) is 5.53. The van der Waals surface area contributed by atoms with E-state index in [1.165, 1.54) is 5.56 Å². The fourth-order valence-electron chi connectivity index (χ4n) is 3.63. The molecule has 0 spiro atoms. The van der Waals surface area contributed by atoms with Gasteiger partial charge in [0.15, 0.2) is 0 Å². The number of halogens is 2. The summed E-state index contributed by atoms with van der Waals surface area (Å²) in [4.78, 5) is 17.2. The quantitative estimate of drug-likeness (QED) is 0.490. The van der Waals surface area contributed by atoms with Gasteiger partial charge in [-0.25, -0.2) is 0 Å². The third-order valence-corrected chi connectivity index (χ3v) is 5.93. The highest BCUT2D eigenvalue weighted by Crippen LogP contribution is 2.28. The molecule has 160 valence electrons. The van der Waals surface area contributed by atoms with E-state index in [2.05, 4.69) is 29.2 Å². The molecule has 1 aliphatic rings. The molecule has 0 radical (unpaired) electrons. The van der Waals surface area contributed by atoms with Crippen LogP contribution in [0.5, 0.6) is 5.75 Å². The van der Waals surface area contributed by atoms with Gasteiger partial charge in [0.1, 0.15) is 12.4 Å². The van der Waals surface area contributed by atoms with Crippen molar-refractivity contribution < 1.29 is 9.53 Å². The zero-order valence-corrected chi connectivity index (χ0v) is 18.6. The number of nitrogens with zero attached hydrogens (tertiary/aromatic N) is 2. The van der Waals surface area contributed by atoms with Crippen LogP contribution in [0.4, 0.5) is 0 Å². The summed E-state index contributed by atoms with van der Waals surface area (Å²) in [6.07, 6.45) is 0. The molecule has 1 heterocycles. The lowest BCUT2D eigenvalue weighted by atomic mass is 10.1. The molecule has 0 aromatic heterocycles. The van der Waals surface area contributed by atoms with Crippen LogP contribution in [-0.2, 0) is 13.2 Å². The van der Waals surface area contributed by atoms with Gasteiger partial charge >= 0.3 is 0 Å². The van der Waals surface area contributed by atoms with E-state index in [4.69, 9.17) is 27.9 Å². The van der Waals surface area contributed by atoms with Crippen LogP contribution in [-0.4, -0.2) is 41.9 Å². The summed E-state index contributed by atoms with van der Waals surface area (Å²) in [5, 5.41) is 1.05. The standard InChI is InChI=1S/C25H24Cl2N2O2/c26-22-10-11-24(23(27)16-22)31-18-20-6-8-21(9-7-20)25(30)29-14-12-28(13-15-29)17-19-4-2-1-3-5-19/h1-11,16H,12-15,17-18H2. The van der Waals surface area contributed by atoms with Crippen molar-refractivity contribution in [3.63, 3.8) is 0 Å². The van der Waals surface area contributed by atoms with Crippen LogP contribution in [0, 0.1) is 0 Å². The second kappa shape index (κ2) is 10.2. The van der Waals surface area contributed by atoms with Crippen molar-refractivity contribution in [2.24, 2.45) is 0 Å². The summed E-state index contributed by atoms with van der Waals surface area (Å²) >= 11 is 12.1. The Labute approximate surface area is 192 Å². The second-order valence-corrected chi connectivity index (χ2v) is 8.46. The number of hydrogen-bond donors (Lipinski definition) is 0. The van der Waals surface area contributed by atoms with Gasteiger partial charge < -0.3 is 9.64 Å². The number of rotatable bonds is 6. The van der Waals surface area contributed by atoms with E-state index in [-0.39, 0.29) is 5.91 Å². The largest absolute Gasteiger partial charge is 0.487 e. The van der Waals surface area contributed by atoms with Gasteiger partial charge in [-0.2, -0.15) is 0 Å². The van der Waals surface area contributed by atoms with Gasteiger partial charge in [0.25, 0.3) is 5.91 Å². The third-order valence-electron chi connectivity index (χ3n) is 5.40. The normalized spacial score (nSPS) is 14.5. The zero-order valence-electron chi connectivity index (χ0n) is 17.1. The molecule has 3 aromatic carbocycles. The fraction of sp³-hybridized carbons (Fsp3) is 0.240. The molecule has 0 bridgehead atoms. The van der Waals surface area contributed by atoms with Crippen molar-refractivity contribution in [1.82, 2.24) is 9.80 Å². The zero-order chi connectivity index (χ0) is 21.6. The highest BCUT2D eigenvalue weighted by atomic mass is 35.5. The number of hydrogen-bond acceptors (Lipinski definition) is 3. The number of benzene rings is 3. The van der Waals surface area contributed by atoms with E-state index < -0.39 is 0 Å². The highest BCUT2D eigenvalue weighted by Gasteiger charge is 2.22. The van der Waals surface area contributed by atoms with E-state index in [0.717, 1.165) is 38.3 Å². The topological polar surface area (TPSA) is 32.8 Å². The SMILES string of the molecule is O=C(c1ccc(COc2ccc(Cl)cc2Cl)cc1)N1CCN(Cc2ccccc2)CC1. The number of carbonyl (C=O) groups is 1. The van der Waals surface area contributed by atoms with Gasteiger partial charge in [0, 0.05) is 43.3 Å². The minimum Gasteiger partial charge on any atom is -0.487 e. The molecule has 4 nitrogen and oxygen atoms in total. The molecule has 1 amide bonds. The van der Waals surface area contributed by atoms with Crippen LogP contribution in [0.2, 0.25) is 10.0 Å². The van der Waals surface area contributed by atoms with E-state index in [1.807, 2.05) is 35.2 Å². The average molecular weight is 455 g/mol. The Morgan fingerprint density at radius 3 is 2.23 bits per heavy atom. The van der Waals surface area contributed by atoms with Crippen LogP contribution in [0.1, 0.15) is 21.5 Å². The molecule has 31 heavy (non-hydrogen) atoms. The van der Waals surface area contributed by atoms with Crippen LogP contribution in [0.25, 0.3) is 0 Å². The maximum atomic E-state index is 12.9. The first kappa shape index (κ1) is 21.7. The van der Waals surface area contributed by atoms with Gasteiger partial charge in [-0.3, -0.25) is 9.69 Å². The molecule has 1 aliphatic heterocycles. The van der Waals surface area contributed by atoms with Crippen molar-refractivity contribution in [3.8, 4) is 5.75 Å². The molecule has 4 rings (SSSR count). The summed E-state index contributed by atoms with van der Waals surface area (Å²) in [6, 6.07) is 23.1. The molecule has 0 N–H and O–H groups in total. The molecule has 3 aromatic rings. The number of amides is 1. The van der Waals surface area contributed by atoms with Crippen LogP contribution < -0.4 is 4.74 Å². The van der Waals surface area contributed by atoms with E-state index in [0.29, 0.717) is 28.0 Å². The third kappa shape index (κ3) is 5.79. The number of piperazine rings is 1. The molecule has 6 heteroatoms. The minimum atomic E-state index is 0.0765. The maximum absolute atomic E-state index is 12.9. The monoisotopic (exact) mass is 454 g/mol. The Balaban J connectivity index is 1.28. The lowest BCUT2D eigenvalue weighted by Crippen LogP contribution is -2.48. The van der Waals surface area contributed by atoms with Gasteiger partial charge in [0.05, 0.1) is 5.02 Å². The fourth-order valence-corrected chi connectivity index (χ4v) is 4.09. The molecule has 0 saturated carbocycles. The lowest BCUT2D eigenvalue weighted by Gasteiger charge is -2.34. The Morgan fingerprint density at radius 1 is 0.839 bits per heavy atom. The highest BCUT2D eigenvalue weighted by molar-refractivity contribution is 6.35. The van der Waals surface area contributed by atoms with E-state index >= 15 is 0 Å². The van der Waals surface area contributed by atoms with Crippen LogP contribution in [0.3, 0.4) is 0 Å². The molecule has 0 unspecified atom stereocenters. The summed E-state index contributed by atoms with van der Waals surface area (Å²) in [5.74, 6) is 0.659. The predicted molar refractivity (Wildman–Crippen MR) is 125 cm³/mol. The Hall–Kier alpha value is -2.53. The first-order valence-corrected chi connectivity index (χ1v) is 11.1. The summed E-state index contributed by atoms with van der Waals surface area (Å²) in [6.45, 7) is 4.54. The Kier molecular flexibility index (Phi) is 7.13. The summed E-state index contributed by atoms with van der Waals surface area (Å²) in [5.41, 5.74) is 2.97. The molecular formula is C25H24Cl2N2O2. The first-order valence-electron chi connectivity index (χ1n) is 10.3. The lowest BCUT2D eigenvalue weighted by molar-refractivity contribution is 0.0628. The van der Waals surface area contributed by atoms with Crippen molar-refractivity contribution in [1.29, 1.82) is 0 Å². The van der Waals surface area contributed by atoms with Crippen LogP contribution >= 0.6 is 23.2 Å². The van der Waals surface area contributed by atoms with Gasteiger partial charge in [-0.05, 0) is 41.5 Å². The maximum Gasteiger partial charge on any atom is 0.253 e. The minimum absolute atomic E-state index is 0.0765. The second-order valence-electron chi connectivity index (χ2n) is 7.61. The molecule has 1 fully saturated rings. The van der Waals surface area contributed by atoms with Crippen molar-refractivity contribution in [2.45, 2.75) is 13.2 Å². The Bertz CT molecular complexity index is 1020. The molecular weight excluding hydrogens is 431 g/mol. The van der Waals surface area contributed by atoms with Crippen molar-refractivity contribution in [2.75, 3.05) is 26.2 Å². The molecule has 0 aliphatic carbocycles. The summed E-state index contributed by atoms with van der Waals surface area (Å²) < 4.78 is 5.76.